The van der Waals surface area contributed by atoms with E-state index in [0.29, 0.717) is 46.9 Å². The summed E-state index contributed by atoms with van der Waals surface area (Å²) in [6, 6.07) is 10.9. The number of rotatable bonds is 9. The Morgan fingerprint density at radius 3 is 2.39 bits per heavy atom. The average molecular weight is 435 g/mol. The summed E-state index contributed by atoms with van der Waals surface area (Å²) in [6.45, 7) is 4.38. The van der Waals surface area contributed by atoms with E-state index in [9.17, 15) is 19.5 Å². The SMILES string of the molecule is C=CCn1c(CCCN2C(=O)c3cccc4cccc(c34)C2=O)nnc1SCC(=O)[O-]. The molecule has 0 spiro atoms. The zero-order valence-electron chi connectivity index (χ0n) is 16.6. The third-order valence-corrected chi connectivity index (χ3v) is 6.00. The Kier molecular flexibility index (Phi) is 5.85. The third kappa shape index (κ3) is 3.96. The lowest BCUT2D eigenvalue weighted by molar-refractivity contribution is -0.301. The van der Waals surface area contributed by atoms with E-state index in [1.165, 1.54) is 4.90 Å². The van der Waals surface area contributed by atoms with Gasteiger partial charge in [-0.05, 0) is 23.9 Å². The normalized spacial score (nSPS) is 13.1. The van der Waals surface area contributed by atoms with Gasteiger partial charge in [-0.15, -0.1) is 16.8 Å². The molecule has 9 heteroatoms. The lowest BCUT2D eigenvalue weighted by atomic mass is 9.94. The van der Waals surface area contributed by atoms with Crippen molar-refractivity contribution in [1.82, 2.24) is 19.7 Å². The lowest BCUT2D eigenvalue weighted by Crippen LogP contribution is -2.41. The van der Waals surface area contributed by atoms with Crippen LogP contribution in [0.2, 0.25) is 0 Å². The number of imide groups is 1. The molecule has 0 fully saturated rings. The van der Waals surface area contributed by atoms with Crippen LogP contribution in [-0.2, 0) is 17.8 Å². The standard InChI is InChI=1S/C22H20N4O4S/c1-2-11-25-17(23-24-22(25)31-13-18(27)28)10-5-12-26-20(29)15-8-3-6-14-7-4-9-16(19(14)15)21(26)30/h2-4,6-9H,1,5,10-13H2,(H,27,28)/p-1. The second kappa shape index (κ2) is 8.73. The Morgan fingerprint density at radius 1 is 1.10 bits per heavy atom. The highest BCUT2D eigenvalue weighted by atomic mass is 32.2. The number of amides is 2. The molecule has 0 unspecified atom stereocenters. The average Bonchev–Trinajstić information content (AvgIpc) is 3.14. The van der Waals surface area contributed by atoms with Crippen LogP contribution >= 0.6 is 11.8 Å². The number of carboxylic acid groups (broad SMARTS) is 1. The summed E-state index contributed by atoms with van der Waals surface area (Å²) in [4.78, 5) is 38.0. The van der Waals surface area contributed by atoms with Crippen molar-refractivity contribution in [3.63, 3.8) is 0 Å². The van der Waals surface area contributed by atoms with E-state index >= 15 is 0 Å². The Morgan fingerprint density at radius 2 is 1.77 bits per heavy atom. The number of aryl methyl sites for hydroxylation is 1. The van der Waals surface area contributed by atoms with E-state index < -0.39 is 5.97 Å². The predicted octanol–water partition coefficient (Wildman–Crippen LogP) is 1.69. The maximum atomic E-state index is 13.0. The van der Waals surface area contributed by atoms with Gasteiger partial charge in [0.05, 0.1) is 5.97 Å². The van der Waals surface area contributed by atoms with Crippen molar-refractivity contribution in [2.45, 2.75) is 24.5 Å². The van der Waals surface area contributed by atoms with Crippen LogP contribution in [0.4, 0.5) is 0 Å². The van der Waals surface area contributed by atoms with Gasteiger partial charge in [-0.25, -0.2) is 0 Å². The Balaban J connectivity index is 1.49. The number of carboxylic acids is 1. The van der Waals surface area contributed by atoms with E-state index in [0.717, 1.165) is 17.1 Å². The number of aromatic nitrogens is 3. The largest absolute Gasteiger partial charge is 0.549 e. The molecule has 2 heterocycles. The van der Waals surface area contributed by atoms with Crippen molar-refractivity contribution in [3.8, 4) is 0 Å². The van der Waals surface area contributed by atoms with E-state index in [1.807, 2.05) is 24.3 Å². The van der Waals surface area contributed by atoms with Crippen LogP contribution in [0.3, 0.4) is 0 Å². The lowest BCUT2D eigenvalue weighted by Gasteiger charge is -2.27. The molecule has 0 bridgehead atoms. The maximum absolute atomic E-state index is 13.0. The Hall–Kier alpha value is -3.46. The molecule has 0 saturated heterocycles. The number of carbonyl (C=O) groups is 3. The zero-order valence-corrected chi connectivity index (χ0v) is 17.4. The van der Waals surface area contributed by atoms with Gasteiger partial charge in [0.15, 0.2) is 5.16 Å². The predicted molar refractivity (Wildman–Crippen MR) is 114 cm³/mol. The molecule has 0 radical (unpaired) electrons. The van der Waals surface area contributed by atoms with E-state index in [1.54, 1.807) is 22.8 Å². The molecule has 4 rings (SSSR count). The molecule has 1 aromatic heterocycles. The molecule has 0 atom stereocenters. The number of thioether (sulfide) groups is 1. The fourth-order valence-electron chi connectivity index (χ4n) is 3.73. The summed E-state index contributed by atoms with van der Waals surface area (Å²) in [5, 5.41) is 21.0. The minimum atomic E-state index is -1.18. The molecule has 2 amide bonds. The number of allylic oxidation sites excluding steroid dienone is 1. The second-order valence-electron chi connectivity index (χ2n) is 7.03. The molecule has 8 nitrogen and oxygen atoms in total. The summed E-state index contributed by atoms with van der Waals surface area (Å²) >= 11 is 1.03. The van der Waals surface area contributed by atoms with Crippen molar-refractivity contribution in [3.05, 3.63) is 66.0 Å². The fraction of sp³-hybridized carbons (Fsp3) is 0.227. The van der Waals surface area contributed by atoms with Gasteiger partial charge in [-0.1, -0.05) is 42.1 Å². The molecule has 158 valence electrons. The van der Waals surface area contributed by atoms with Gasteiger partial charge >= 0.3 is 0 Å². The van der Waals surface area contributed by atoms with Crippen molar-refractivity contribution < 1.29 is 19.5 Å². The molecule has 31 heavy (non-hydrogen) atoms. The summed E-state index contributed by atoms with van der Waals surface area (Å²) < 4.78 is 1.77. The number of aliphatic carboxylic acids is 1. The molecule has 0 aliphatic carbocycles. The van der Waals surface area contributed by atoms with Gasteiger partial charge in [0.2, 0.25) is 0 Å². The molecule has 1 aliphatic heterocycles. The van der Waals surface area contributed by atoms with Crippen LogP contribution in [0, 0.1) is 0 Å². The van der Waals surface area contributed by atoms with Crippen LogP contribution in [0.15, 0.2) is 54.2 Å². The molecule has 2 aromatic carbocycles. The third-order valence-electron chi connectivity index (χ3n) is 5.06. The quantitative estimate of drug-likeness (QED) is 0.286. The van der Waals surface area contributed by atoms with Crippen LogP contribution in [-0.4, -0.2) is 49.7 Å². The minimum absolute atomic E-state index is 0.225. The first-order valence-corrected chi connectivity index (χ1v) is 10.7. The number of benzene rings is 2. The first-order valence-electron chi connectivity index (χ1n) is 9.75. The topological polar surface area (TPSA) is 108 Å². The van der Waals surface area contributed by atoms with E-state index in [4.69, 9.17) is 0 Å². The molecule has 3 aromatic rings. The molecule has 0 saturated carbocycles. The monoisotopic (exact) mass is 435 g/mol. The first kappa shape index (κ1) is 20.8. The van der Waals surface area contributed by atoms with Crippen LogP contribution in [0.25, 0.3) is 10.8 Å². The fourth-order valence-corrected chi connectivity index (χ4v) is 4.41. The maximum Gasteiger partial charge on any atom is 0.261 e. The van der Waals surface area contributed by atoms with Gasteiger partial charge in [-0.3, -0.25) is 14.5 Å². The minimum Gasteiger partial charge on any atom is -0.549 e. The van der Waals surface area contributed by atoms with E-state index in [-0.39, 0.29) is 24.1 Å². The Bertz CT molecular complexity index is 1150. The number of hydrogen-bond acceptors (Lipinski definition) is 7. The van der Waals surface area contributed by atoms with Crippen LogP contribution < -0.4 is 5.11 Å². The van der Waals surface area contributed by atoms with Crippen molar-refractivity contribution in [1.29, 1.82) is 0 Å². The van der Waals surface area contributed by atoms with Gasteiger partial charge < -0.3 is 14.5 Å². The molecule has 1 aliphatic rings. The molecular formula is C22H19N4O4S-. The number of carbonyl (C=O) groups excluding carboxylic acids is 3. The number of hydrogen-bond donors (Lipinski definition) is 0. The van der Waals surface area contributed by atoms with Crippen molar-refractivity contribution in [2.24, 2.45) is 0 Å². The smallest absolute Gasteiger partial charge is 0.261 e. The van der Waals surface area contributed by atoms with Gasteiger partial charge in [0, 0.05) is 41.8 Å². The summed E-state index contributed by atoms with van der Waals surface area (Å²) in [7, 11) is 0. The van der Waals surface area contributed by atoms with Crippen LogP contribution in [0.1, 0.15) is 33.0 Å². The van der Waals surface area contributed by atoms with Gasteiger partial charge in [0.1, 0.15) is 5.82 Å². The van der Waals surface area contributed by atoms with Gasteiger partial charge in [-0.2, -0.15) is 0 Å². The summed E-state index contributed by atoms with van der Waals surface area (Å²) in [5.74, 6) is -1.37. The van der Waals surface area contributed by atoms with Crippen molar-refractivity contribution >= 4 is 40.3 Å². The van der Waals surface area contributed by atoms with Gasteiger partial charge in [0.25, 0.3) is 11.8 Å². The first-order chi connectivity index (χ1) is 15.0. The summed E-state index contributed by atoms with van der Waals surface area (Å²) in [5.41, 5.74) is 1.06. The highest BCUT2D eigenvalue weighted by molar-refractivity contribution is 7.99. The van der Waals surface area contributed by atoms with Crippen LogP contribution in [0.5, 0.6) is 0 Å². The molecular weight excluding hydrogens is 416 g/mol. The highest BCUT2D eigenvalue weighted by Crippen LogP contribution is 2.30. The number of nitrogens with zero attached hydrogens (tertiary/aromatic N) is 4. The second-order valence-corrected chi connectivity index (χ2v) is 7.98. The highest BCUT2D eigenvalue weighted by Gasteiger charge is 2.32. The van der Waals surface area contributed by atoms with E-state index in [2.05, 4.69) is 16.8 Å². The molecule has 0 N–H and O–H groups in total. The summed E-state index contributed by atoms with van der Waals surface area (Å²) in [6.07, 6.45) is 2.64. The van der Waals surface area contributed by atoms with Crippen molar-refractivity contribution in [2.75, 3.05) is 12.3 Å². The Labute approximate surface area is 182 Å². The zero-order chi connectivity index (χ0) is 22.0.